The Kier molecular flexibility index (Phi) is 6.97. The fraction of sp³-hybridized carbons (Fsp3) is 0.533. The number of ether oxygens (including phenoxy) is 1. The quantitative estimate of drug-likeness (QED) is 0.752. The number of carbonyl (C=O) groups excluding carboxylic acids is 1. The minimum Gasteiger partial charge on any atom is -0.497 e. The third-order valence-electron chi connectivity index (χ3n) is 2.94. The van der Waals surface area contributed by atoms with Crippen LogP contribution in [0.5, 0.6) is 5.75 Å². The van der Waals surface area contributed by atoms with Gasteiger partial charge in [-0.05, 0) is 44.0 Å². The second-order valence-corrected chi connectivity index (χ2v) is 4.57. The van der Waals surface area contributed by atoms with Gasteiger partial charge in [0, 0.05) is 6.54 Å². The highest BCUT2D eigenvalue weighted by Crippen LogP contribution is 2.12. The molecule has 1 rings (SSSR count). The second-order valence-electron chi connectivity index (χ2n) is 4.57. The number of nitrogens with one attached hydrogen (secondary N) is 2. The van der Waals surface area contributed by atoms with E-state index in [9.17, 15) is 4.79 Å². The zero-order valence-corrected chi connectivity index (χ0v) is 12.0. The van der Waals surface area contributed by atoms with Crippen molar-refractivity contribution >= 4 is 5.91 Å². The summed E-state index contributed by atoms with van der Waals surface area (Å²) >= 11 is 0. The summed E-state index contributed by atoms with van der Waals surface area (Å²) in [5, 5.41) is 6.10. The summed E-state index contributed by atoms with van der Waals surface area (Å²) in [6.07, 6.45) is 1.84. The number of amides is 1. The first-order valence-electron chi connectivity index (χ1n) is 6.81. The van der Waals surface area contributed by atoms with Crippen molar-refractivity contribution in [3.8, 4) is 5.75 Å². The monoisotopic (exact) mass is 264 g/mol. The maximum atomic E-state index is 11.7. The highest BCUT2D eigenvalue weighted by molar-refractivity contribution is 5.81. The maximum Gasteiger partial charge on any atom is 0.236 e. The van der Waals surface area contributed by atoms with Crippen molar-refractivity contribution in [1.82, 2.24) is 10.6 Å². The average Bonchev–Trinajstić information content (AvgIpc) is 2.44. The van der Waals surface area contributed by atoms with E-state index < -0.39 is 0 Å². The van der Waals surface area contributed by atoms with Crippen LogP contribution in [-0.2, 0) is 11.2 Å². The lowest BCUT2D eigenvalue weighted by Crippen LogP contribution is -2.43. The number of hydrogen-bond acceptors (Lipinski definition) is 3. The summed E-state index contributed by atoms with van der Waals surface area (Å²) in [7, 11) is 1.66. The maximum absolute atomic E-state index is 11.7. The second kappa shape index (κ2) is 8.53. The van der Waals surface area contributed by atoms with Crippen LogP contribution in [0.25, 0.3) is 0 Å². The highest BCUT2D eigenvalue weighted by atomic mass is 16.5. The molecule has 19 heavy (non-hydrogen) atoms. The van der Waals surface area contributed by atoms with Crippen LogP contribution in [0.4, 0.5) is 0 Å². The average molecular weight is 264 g/mol. The third-order valence-corrected chi connectivity index (χ3v) is 2.94. The van der Waals surface area contributed by atoms with Gasteiger partial charge in [0.2, 0.25) is 5.91 Å². The van der Waals surface area contributed by atoms with E-state index in [4.69, 9.17) is 4.74 Å². The molecule has 1 atom stereocenters. The zero-order chi connectivity index (χ0) is 14.1. The molecule has 106 valence electrons. The van der Waals surface area contributed by atoms with Gasteiger partial charge in [-0.3, -0.25) is 4.79 Å². The summed E-state index contributed by atoms with van der Waals surface area (Å²) in [5.41, 5.74) is 1.20. The molecular weight excluding hydrogens is 240 g/mol. The van der Waals surface area contributed by atoms with Gasteiger partial charge < -0.3 is 15.4 Å². The van der Waals surface area contributed by atoms with Crippen molar-refractivity contribution in [3.63, 3.8) is 0 Å². The van der Waals surface area contributed by atoms with Gasteiger partial charge in [-0.1, -0.05) is 19.1 Å². The lowest BCUT2D eigenvalue weighted by Gasteiger charge is -2.13. The molecule has 0 bridgehead atoms. The fourth-order valence-corrected chi connectivity index (χ4v) is 1.75. The SMILES string of the molecule is CCCNC(=O)C(C)NCCc1cccc(OC)c1. The van der Waals surface area contributed by atoms with Crippen LogP contribution < -0.4 is 15.4 Å². The summed E-state index contributed by atoms with van der Waals surface area (Å²) < 4.78 is 5.18. The lowest BCUT2D eigenvalue weighted by atomic mass is 10.1. The van der Waals surface area contributed by atoms with Crippen LogP contribution in [0.2, 0.25) is 0 Å². The number of benzene rings is 1. The van der Waals surface area contributed by atoms with Crippen molar-refractivity contribution in [3.05, 3.63) is 29.8 Å². The fourth-order valence-electron chi connectivity index (χ4n) is 1.75. The Hall–Kier alpha value is -1.55. The highest BCUT2D eigenvalue weighted by Gasteiger charge is 2.10. The number of hydrogen-bond donors (Lipinski definition) is 2. The Balaban J connectivity index is 2.30. The molecule has 4 nitrogen and oxygen atoms in total. The normalized spacial score (nSPS) is 11.9. The van der Waals surface area contributed by atoms with Gasteiger partial charge >= 0.3 is 0 Å². The molecule has 0 aliphatic heterocycles. The van der Waals surface area contributed by atoms with E-state index in [0.29, 0.717) is 0 Å². The van der Waals surface area contributed by atoms with Gasteiger partial charge in [0.15, 0.2) is 0 Å². The molecule has 1 amide bonds. The minimum atomic E-state index is -0.155. The summed E-state index contributed by atoms with van der Waals surface area (Å²) in [4.78, 5) is 11.7. The number of carbonyl (C=O) groups is 1. The zero-order valence-electron chi connectivity index (χ0n) is 12.0. The van der Waals surface area contributed by atoms with E-state index in [1.54, 1.807) is 7.11 Å². The van der Waals surface area contributed by atoms with E-state index in [1.165, 1.54) is 5.56 Å². The first-order chi connectivity index (χ1) is 9.17. The van der Waals surface area contributed by atoms with Crippen LogP contribution >= 0.6 is 0 Å². The Morgan fingerprint density at radius 3 is 2.84 bits per heavy atom. The van der Waals surface area contributed by atoms with E-state index in [-0.39, 0.29) is 11.9 Å². The first kappa shape index (κ1) is 15.5. The molecule has 0 spiro atoms. The van der Waals surface area contributed by atoms with Crippen LogP contribution in [0.15, 0.2) is 24.3 Å². The predicted octanol–water partition coefficient (Wildman–Crippen LogP) is 1.74. The molecule has 0 saturated heterocycles. The van der Waals surface area contributed by atoms with Crippen LogP contribution in [-0.4, -0.2) is 32.1 Å². The molecule has 2 N–H and O–H groups in total. The number of methoxy groups -OCH3 is 1. The van der Waals surface area contributed by atoms with Crippen LogP contribution in [0, 0.1) is 0 Å². The largest absolute Gasteiger partial charge is 0.497 e. The summed E-state index contributed by atoms with van der Waals surface area (Å²) in [5.74, 6) is 0.929. The van der Waals surface area contributed by atoms with E-state index in [2.05, 4.69) is 16.7 Å². The molecule has 0 fully saturated rings. The van der Waals surface area contributed by atoms with E-state index in [0.717, 1.165) is 31.7 Å². The minimum absolute atomic E-state index is 0.0625. The topological polar surface area (TPSA) is 50.4 Å². The smallest absolute Gasteiger partial charge is 0.236 e. The molecule has 0 aliphatic rings. The first-order valence-corrected chi connectivity index (χ1v) is 6.81. The Morgan fingerprint density at radius 1 is 1.37 bits per heavy atom. The standard InChI is InChI=1S/C15H24N2O2/c1-4-9-17-15(18)12(2)16-10-8-13-6-5-7-14(11-13)19-3/h5-7,11-12,16H,4,8-10H2,1-3H3,(H,17,18). The lowest BCUT2D eigenvalue weighted by molar-refractivity contribution is -0.122. The third kappa shape index (κ3) is 5.75. The summed E-state index contributed by atoms with van der Waals surface area (Å²) in [6.45, 7) is 5.44. The van der Waals surface area contributed by atoms with E-state index in [1.807, 2.05) is 32.0 Å². The molecule has 0 saturated carbocycles. The molecule has 0 aliphatic carbocycles. The van der Waals surface area contributed by atoms with Crippen molar-refractivity contribution in [2.45, 2.75) is 32.7 Å². The Bertz CT molecular complexity index is 393. The molecular formula is C15H24N2O2. The van der Waals surface area contributed by atoms with Crippen molar-refractivity contribution < 1.29 is 9.53 Å². The van der Waals surface area contributed by atoms with Crippen molar-refractivity contribution in [2.24, 2.45) is 0 Å². The van der Waals surface area contributed by atoms with Gasteiger partial charge in [0.1, 0.15) is 5.75 Å². The van der Waals surface area contributed by atoms with Crippen LogP contribution in [0.3, 0.4) is 0 Å². The van der Waals surface area contributed by atoms with Gasteiger partial charge in [0.05, 0.1) is 13.2 Å². The molecule has 4 heteroatoms. The van der Waals surface area contributed by atoms with Crippen molar-refractivity contribution in [2.75, 3.05) is 20.2 Å². The van der Waals surface area contributed by atoms with E-state index >= 15 is 0 Å². The summed E-state index contributed by atoms with van der Waals surface area (Å²) in [6, 6.07) is 7.83. The van der Waals surface area contributed by atoms with Gasteiger partial charge in [-0.2, -0.15) is 0 Å². The molecule has 0 radical (unpaired) electrons. The predicted molar refractivity (Wildman–Crippen MR) is 77.5 cm³/mol. The molecule has 1 aromatic carbocycles. The Morgan fingerprint density at radius 2 is 2.16 bits per heavy atom. The molecule has 0 heterocycles. The van der Waals surface area contributed by atoms with Crippen molar-refractivity contribution in [1.29, 1.82) is 0 Å². The molecule has 1 unspecified atom stereocenters. The van der Waals surface area contributed by atoms with Gasteiger partial charge in [0.25, 0.3) is 0 Å². The van der Waals surface area contributed by atoms with Crippen LogP contribution in [0.1, 0.15) is 25.8 Å². The van der Waals surface area contributed by atoms with Gasteiger partial charge in [-0.15, -0.1) is 0 Å². The molecule has 1 aromatic rings. The Labute approximate surface area is 115 Å². The number of rotatable bonds is 8. The molecule has 0 aromatic heterocycles. The van der Waals surface area contributed by atoms with Gasteiger partial charge in [-0.25, -0.2) is 0 Å².